The molecule has 22 heavy (non-hydrogen) atoms. The fourth-order valence-corrected chi connectivity index (χ4v) is 4.84. The van der Waals surface area contributed by atoms with E-state index in [9.17, 15) is 13.9 Å². The molecule has 1 rings (SSSR count). The number of anilines is 2. The number of amides is 1. The zero-order valence-electron chi connectivity index (χ0n) is 11.2. The van der Waals surface area contributed by atoms with Crippen molar-refractivity contribution in [3.05, 3.63) is 24.3 Å². The lowest BCUT2D eigenvalue weighted by Gasteiger charge is -2.21. The van der Waals surface area contributed by atoms with Crippen LogP contribution in [0.2, 0.25) is 0 Å². The van der Waals surface area contributed by atoms with Gasteiger partial charge in [0.15, 0.2) is 0 Å². The van der Waals surface area contributed by atoms with Gasteiger partial charge in [0.25, 0.3) is 0 Å². The fraction of sp³-hybridized carbons (Fsp3) is 0.200. The van der Waals surface area contributed by atoms with Crippen LogP contribution in [0.4, 0.5) is 11.4 Å². The van der Waals surface area contributed by atoms with Crippen LogP contribution in [0.1, 0.15) is 6.92 Å². The molecule has 0 bridgehead atoms. The molecule has 0 heterocycles. The molecule has 0 aromatic heterocycles. The highest BCUT2D eigenvalue weighted by atomic mass is 32.1. The Morgan fingerprint density at radius 2 is 1.55 bits per heavy atom. The van der Waals surface area contributed by atoms with Gasteiger partial charge in [0, 0.05) is 18.3 Å². The molecule has 12 heteroatoms. The molecule has 0 saturated carbocycles. The monoisotopic (exact) mass is 368 g/mol. The van der Waals surface area contributed by atoms with Gasteiger partial charge < -0.3 is 30.2 Å². The van der Waals surface area contributed by atoms with Gasteiger partial charge in [-0.25, -0.2) is 0 Å². The van der Waals surface area contributed by atoms with E-state index < -0.39 is 25.6 Å². The van der Waals surface area contributed by atoms with Gasteiger partial charge in [-0.1, -0.05) is 18.3 Å². The molecular weight excluding hydrogens is 354 g/mol. The summed E-state index contributed by atoms with van der Waals surface area (Å²) in [5.74, 6) is -0.331. The molecule has 122 valence electrons. The Morgan fingerprint density at radius 3 is 1.95 bits per heavy atom. The van der Waals surface area contributed by atoms with Crippen LogP contribution in [0.15, 0.2) is 24.3 Å². The maximum atomic E-state index is 11.2. The summed E-state index contributed by atoms with van der Waals surface area (Å²) in [5, 5.41) is 2.41. The normalized spacial score (nSPS) is 12.1. The van der Waals surface area contributed by atoms with E-state index in [0.717, 1.165) is 0 Å². The van der Waals surface area contributed by atoms with Crippen LogP contribution in [0.5, 0.6) is 0 Å². The van der Waals surface area contributed by atoms with Gasteiger partial charge in [-0.05, 0) is 18.2 Å². The molecule has 0 aliphatic rings. The average molecular weight is 368 g/mol. The standard InChI is InChI=1S/C10H14N2O7P2S/c1-6(13)11-7-3-2-4-8(5-7)12-9(22)10(20(14,15)16)21(17,18)19/h2-5,10H,1H3,(H,11,13)(H,12,22)(H2,14,15,16)(H2,17,18,19). The van der Waals surface area contributed by atoms with Crippen molar-refractivity contribution < 1.29 is 33.5 Å². The number of thiocarbonyl (C=S) groups is 1. The SMILES string of the molecule is CC(=O)Nc1cccc(NC(=S)C(P(=O)(O)O)P(=O)(O)O)c1. The number of nitrogens with one attached hydrogen (secondary N) is 2. The van der Waals surface area contributed by atoms with Crippen LogP contribution in [-0.4, -0.2) is 35.9 Å². The highest BCUT2D eigenvalue weighted by Gasteiger charge is 2.46. The third kappa shape index (κ3) is 5.58. The van der Waals surface area contributed by atoms with Gasteiger partial charge in [-0.15, -0.1) is 0 Å². The average Bonchev–Trinajstić information content (AvgIpc) is 2.23. The van der Waals surface area contributed by atoms with Crippen molar-refractivity contribution >= 4 is 49.7 Å². The highest BCUT2D eigenvalue weighted by Crippen LogP contribution is 2.60. The first-order chi connectivity index (χ1) is 9.91. The molecule has 1 amide bonds. The number of hydrogen-bond acceptors (Lipinski definition) is 4. The molecule has 0 saturated heterocycles. The second kappa shape index (κ2) is 6.97. The largest absolute Gasteiger partial charge is 0.349 e. The van der Waals surface area contributed by atoms with Gasteiger partial charge in [0.2, 0.25) is 11.3 Å². The Bertz CT molecular complexity index is 662. The van der Waals surface area contributed by atoms with E-state index in [-0.39, 0.29) is 11.6 Å². The van der Waals surface area contributed by atoms with Crippen molar-refractivity contribution in [1.82, 2.24) is 0 Å². The molecule has 0 fully saturated rings. The molecule has 0 aliphatic carbocycles. The van der Waals surface area contributed by atoms with E-state index in [1.807, 2.05) is 0 Å². The lowest BCUT2D eigenvalue weighted by molar-refractivity contribution is -0.114. The minimum absolute atomic E-state index is 0.211. The smallest absolute Gasteiger partial charge is 0.347 e. The molecule has 0 aliphatic heterocycles. The van der Waals surface area contributed by atoms with Crippen molar-refractivity contribution in [3.63, 3.8) is 0 Å². The first kappa shape index (κ1) is 18.9. The minimum Gasteiger partial charge on any atom is -0.349 e. The van der Waals surface area contributed by atoms with Crippen LogP contribution in [0, 0.1) is 0 Å². The van der Waals surface area contributed by atoms with E-state index in [0.29, 0.717) is 5.69 Å². The van der Waals surface area contributed by atoms with E-state index in [1.54, 1.807) is 6.07 Å². The molecule has 1 aromatic rings. The quantitative estimate of drug-likeness (QED) is 0.330. The Balaban J connectivity index is 3.03. The number of benzene rings is 1. The third-order valence-electron chi connectivity index (χ3n) is 2.32. The van der Waals surface area contributed by atoms with Crippen molar-refractivity contribution in [3.8, 4) is 0 Å². The van der Waals surface area contributed by atoms with Gasteiger partial charge in [-0.3, -0.25) is 13.9 Å². The van der Waals surface area contributed by atoms with Crippen LogP contribution in [0.3, 0.4) is 0 Å². The molecule has 9 nitrogen and oxygen atoms in total. The Hall–Kier alpha value is -1.12. The highest BCUT2D eigenvalue weighted by molar-refractivity contribution is 7.85. The number of carbonyl (C=O) groups is 1. The first-order valence-corrected chi connectivity index (χ1v) is 9.47. The van der Waals surface area contributed by atoms with Crippen LogP contribution in [-0.2, 0) is 13.9 Å². The van der Waals surface area contributed by atoms with Crippen molar-refractivity contribution in [2.24, 2.45) is 0 Å². The summed E-state index contributed by atoms with van der Waals surface area (Å²) in [4.78, 5) is 46.5. The predicted octanol–water partition coefficient (Wildman–Crippen LogP) is 1.07. The summed E-state index contributed by atoms with van der Waals surface area (Å²) in [5.41, 5.74) is 0.590. The molecule has 1 aromatic carbocycles. The summed E-state index contributed by atoms with van der Waals surface area (Å²) < 4.78 is 22.5. The van der Waals surface area contributed by atoms with E-state index in [2.05, 4.69) is 10.6 Å². The Morgan fingerprint density at radius 1 is 1.09 bits per heavy atom. The van der Waals surface area contributed by atoms with E-state index in [4.69, 9.17) is 31.8 Å². The minimum atomic E-state index is -5.16. The topological polar surface area (TPSA) is 156 Å². The lowest BCUT2D eigenvalue weighted by Crippen LogP contribution is -2.26. The molecule has 0 radical (unpaired) electrons. The van der Waals surface area contributed by atoms with Crippen molar-refractivity contribution in [1.29, 1.82) is 0 Å². The van der Waals surface area contributed by atoms with Crippen LogP contribution >= 0.6 is 27.4 Å². The summed E-state index contributed by atoms with van der Waals surface area (Å²) in [7, 11) is -10.3. The number of rotatable bonds is 5. The van der Waals surface area contributed by atoms with Gasteiger partial charge in [0.1, 0.15) is 4.99 Å². The Kier molecular flexibility index (Phi) is 6.00. The zero-order chi connectivity index (χ0) is 17.1. The van der Waals surface area contributed by atoms with Crippen molar-refractivity contribution in [2.75, 3.05) is 10.6 Å². The third-order valence-corrected chi connectivity index (χ3v) is 6.61. The lowest BCUT2D eigenvalue weighted by atomic mass is 10.2. The molecule has 0 atom stereocenters. The van der Waals surface area contributed by atoms with Gasteiger partial charge in [-0.2, -0.15) is 0 Å². The van der Waals surface area contributed by atoms with Gasteiger partial charge in [0.05, 0.1) is 0 Å². The molecule has 0 spiro atoms. The second-order valence-electron chi connectivity index (χ2n) is 4.30. The van der Waals surface area contributed by atoms with Crippen LogP contribution in [0.25, 0.3) is 0 Å². The molecular formula is C10H14N2O7P2S. The maximum Gasteiger partial charge on any atom is 0.347 e. The maximum absolute atomic E-state index is 11.2. The predicted molar refractivity (Wildman–Crippen MR) is 84.8 cm³/mol. The zero-order valence-corrected chi connectivity index (χ0v) is 13.8. The number of carbonyl (C=O) groups excluding carboxylic acids is 1. The van der Waals surface area contributed by atoms with Crippen molar-refractivity contribution in [2.45, 2.75) is 12.3 Å². The molecule has 6 N–H and O–H groups in total. The van der Waals surface area contributed by atoms with E-state index >= 15 is 0 Å². The Labute approximate surface area is 131 Å². The van der Waals surface area contributed by atoms with Gasteiger partial charge >= 0.3 is 15.2 Å². The summed E-state index contributed by atoms with van der Waals surface area (Å²) in [6.45, 7) is 1.29. The fourth-order valence-electron chi connectivity index (χ4n) is 1.59. The number of hydrogen-bond donors (Lipinski definition) is 6. The summed E-state index contributed by atoms with van der Waals surface area (Å²) in [6, 6.07) is 5.91. The summed E-state index contributed by atoms with van der Waals surface area (Å²) in [6.07, 6.45) is 0. The van der Waals surface area contributed by atoms with Crippen LogP contribution < -0.4 is 10.6 Å². The van der Waals surface area contributed by atoms with E-state index in [1.165, 1.54) is 25.1 Å². The molecule has 0 unspecified atom stereocenters. The second-order valence-corrected chi connectivity index (χ2v) is 8.54. The first-order valence-electron chi connectivity index (χ1n) is 5.70. The summed E-state index contributed by atoms with van der Waals surface area (Å²) >= 11 is 4.70.